The molecular formula is C7H11N. The number of allylic oxidation sites excluding steroid dienone is 1. The summed E-state index contributed by atoms with van der Waals surface area (Å²) in [6.07, 6.45) is 7.07. The second kappa shape index (κ2) is 1.73. The minimum Gasteiger partial charge on any atom is -0.287 e. The van der Waals surface area contributed by atoms with Gasteiger partial charge in [-0.05, 0) is 26.3 Å². The van der Waals surface area contributed by atoms with E-state index in [0.29, 0.717) is 0 Å². The Kier molecular flexibility index (Phi) is 1.20. The first-order valence-corrected chi connectivity index (χ1v) is 2.91. The third-order valence-electron chi connectivity index (χ3n) is 1.26. The zero-order valence-electron chi connectivity index (χ0n) is 5.39. The zero-order valence-corrected chi connectivity index (χ0v) is 5.39. The van der Waals surface area contributed by atoms with Gasteiger partial charge in [0.05, 0.1) is 5.54 Å². The third kappa shape index (κ3) is 1.19. The van der Waals surface area contributed by atoms with E-state index >= 15 is 0 Å². The van der Waals surface area contributed by atoms with E-state index < -0.39 is 0 Å². The first-order chi connectivity index (χ1) is 3.71. The van der Waals surface area contributed by atoms with Crippen LogP contribution >= 0.6 is 0 Å². The minimum atomic E-state index is 0.161. The lowest BCUT2D eigenvalue weighted by molar-refractivity contribution is 0.530. The Balaban J connectivity index is 2.65. The van der Waals surface area contributed by atoms with Crippen molar-refractivity contribution in [3.8, 4) is 0 Å². The van der Waals surface area contributed by atoms with Crippen LogP contribution in [-0.4, -0.2) is 11.8 Å². The molecule has 0 aromatic rings. The first-order valence-electron chi connectivity index (χ1n) is 2.91. The van der Waals surface area contributed by atoms with Crippen LogP contribution in [0.25, 0.3) is 0 Å². The number of aliphatic imine (C=N–C) groups is 1. The van der Waals surface area contributed by atoms with Gasteiger partial charge >= 0.3 is 0 Å². The lowest BCUT2D eigenvalue weighted by atomic mass is 10.0. The molecule has 0 saturated heterocycles. The molecule has 0 saturated carbocycles. The average Bonchev–Trinajstić information content (AvgIpc) is 1.65. The van der Waals surface area contributed by atoms with Crippen LogP contribution in [0.3, 0.4) is 0 Å². The number of hydrogen-bond acceptors (Lipinski definition) is 1. The Morgan fingerprint density at radius 2 is 2.25 bits per heavy atom. The van der Waals surface area contributed by atoms with Gasteiger partial charge in [0.1, 0.15) is 0 Å². The van der Waals surface area contributed by atoms with E-state index in [2.05, 4.69) is 24.9 Å². The largest absolute Gasteiger partial charge is 0.287 e. The van der Waals surface area contributed by atoms with Crippen molar-refractivity contribution in [3.63, 3.8) is 0 Å². The molecule has 0 N–H and O–H groups in total. The van der Waals surface area contributed by atoms with Crippen molar-refractivity contribution in [1.29, 1.82) is 0 Å². The van der Waals surface area contributed by atoms with Gasteiger partial charge < -0.3 is 0 Å². The van der Waals surface area contributed by atoms with E-state index in [1.165, 1.54) is 0 Å². The molecule has 44 valence electrons. The van der Waals surface area contributed by atoms with Crippen LogP contribution in [0.2, 0.25) is 0 Å². The smallest absolute Gasteiger partial charge is 0.0586 e. The van der Waals surface area contributed by atoms with Crippen LogP contribution < -0.4 is 0 Å². The van der Waals surface area contributed by atoms with Gasteiger partial charge in [-0.2, -0.15) is 0 Å². The van der Waals surface area contributed by atoms with Crippen LogP contribution in [-0.2, 0) is 0 Å². The summed E-state index contributed by atoms with van der Waals surface area (Å²) in [5.74, 6) is 0. The lowest BCUT2D eigenvalue weighted by Gasteiger charge is -2.18. The molecular weight excluding hydrogens is 98.1 g/mol. The van der Waals surface area contributed by atoms with Crippen LogP contribution in [0.5, 0.6) is 0 Å². The molecule has 0 aromatic carbocycles. The Morgan fingerprint density at radius 1 is 1.50 bits per heavy atom. The van der Waals surface area contributed by atoms with Crippen LogP contribution in [0.15, 0.2) is 17.1 Å². The van der Waals surface area contributed by atoms with Crippen molar-refractivity contribution in [3.05, 3.63) is 12.2 Å². The van der Waals surface area contributed by atoms with E-state index in [1.807, 2.05) is 12.3 Å². The Hall–Kier alpha value is -0.590. The lowest BCUT2D eigenvalue weighted by Crippen LogP contribution is -2.16. The van der Waals surface area contributed by atoms with Gasteiger partial charge in [-0.1, -0.05) is 6.08 Å². The highest BCUT2D eigenvalue weighted by molar-refractivity contribution is 5.72. The van der Waals surface area contributed by atoms with E-state index in [0.717, 1.165) is 6.42 Å². The maximum absolute atomic E-state index is 4.25. The zero-order chi connectivity index (χ0) is 6.04. The second-order valence-electron chi connectivity index (χ2n) is 2.72. The van der Waals surface area contributed by atoms with Gasteiger partial charge in [0, 0.05) is 6.21 Å². The maximum Gasteiger partial charge on any atom is 0.0586 e. The summed E-state index contributed by atoms with van der Waals surface area (Å²) in [5.41, 5.74) is 0.161. The Morgan fingerprint density at radius 3 is 2.50 bits per heavy atom. The summed E-state index contributed by atoms with van der Waals surface area (Å²) >= 11 is 0. The molecule has 0 spiro atoms. The van der Waals surface area contributed by atoms with E-state index in [9.17, 15) is 0 Å². The Bertz CT molecular complexity index is 131. The predicted octanol–water partition coefficient (Wildman–Crippen LogP) is 1.80. The highest BCUT2D eigenvalue weighted by Gasteiger charge is 2.13. The summed E-state index contributed by atoms with van der Waals surface area (Å²) in [6.45, 7) is 4.26. The van der Waals surface area contributed by atoms with Crippen molar-refractivity contribution >= 4 is 6.21 Å². The Labute approximate surface area is 50.1 Å². The molecule has 1 heterocycles. The molecule has 0 bridgehead atoms. The van der Waals surface area contributed by atoms with Gasteiger partial charge in [-0.15, -0.1) is 0 Å². The number of nitrogens with zero attached hydrogens (tertiary/aromatic N) is 1. The summed E-state index contributed by atoms with van der Waals surface area (Å²) in [7, 11) is 0. The molecule has 1 nitrogen and oxygen atoms in total. The first kappa shape index (κ1) is 5.54. The molecule has 0 unspecified atom stereocenters. The topological polar surface area (TPSA) is 12.4 Å². The normalized spacial score (nSPS) is 23.8. The SMILES string of the molecule is CC1(C)CC=CC=N1. The van der Waals surface area contributed by atoms with Gasteiger partial charge in [-0.3, -0.25) is 4.99 Å². The van der Waals surface area contributed by atoms with Crippen molar-refractivity contribution in [2.45, 2.75) is 25.8 Å². The van der Waals surface area contributed by atoms with Crippen LogP contribution in [0, 0.1) is 0 Å². The summed E-state index contributed by atoms with van der Waals surface area (Å²) in [6, 6.07) is 0. The monoisotopic (exact) mass is 109 g/mol. The fourth-order valence-corrected chi connectivity index (χ4v) is 0.715. The van der Waals surface area contributed by atoms with Crippen molar-refractivity contribution in [2.24, 2.45) is 4.99 Å². The van der Waals surface area contributed by atoms with Gasteiger partial charge in [0.25, 0.3) is 0 Å². The standard InChI is InChI=1S/C7H11N/c1-7(2)5-3-4-6-8-7/h3-4,6H,5H2,1-2H3. The van der Waals surface area contributed by atoms with E-state index in [-0.39, 0.29) is 5.54 Å². The molecule has 1 aliphatic rings. The molecule has 0 fully saturated rings. The van der Waals surface area contributed by atoms with E-state index in [1.54, 1.807) is 0 Å². The minimum absolute atomic E-state index is 0.161. The molecule has 0 radical (unpaired) electrons. The molecule has 0 aliphatic carbocycles. The highest BCUT2D eigenvalue weighted by atomic mass is 14.8. The predicted molar refractivity (Wildman–Crippen MR) is 36.3 cm³/mol. The molecule has 1 rings (SSSR count). The van der Waals surface area contributed by atoms with Crippen LogP contribution in [0.1, 0.15) is 20.3 Å². The number of dihydropyridines is 1. The van der Waals surface area contributed by atoms with Gasteiger partial charge in [0.15, 0.2) is 0 Å². The average molecular weight is 109 g/mol. The summed E-state index contributed by atoms with van der Waals surface area (Å²) in [5, 5.41) is 0. The van der Waals surface area contributed by atoms with Gasteiger partial charge in [-0.25, -0.2) is 0 Å². The van der Waals surface area contributed by atoms with E-state index in [4.69, 9.17) is 0 Å². The third-order valence-corrected chi connectivity index (χ3v) is 1.26. The highest BCUT2D eigenvalue weighted by Crippen LogP contribution is 2.16. The maximum atomic E-state index is 4.25. The quantitative estimate of drug-likeness (QED) is 0.449. The summed E-state index contributed by atoms with van der Waals surface area (Å²) < 4.78 is 0. The van der Waals surface area contributed by atoms with Gasteiger partial charge in [0.2, 0.25) is 0 Å². The number of rotatable bonds is 0. The molecule has 0 aromatic heterocycles. The number of hydrogen-bond donors (Lipinski definition) is 0. The molecule has 8 heavy (non-hydrogen) atoms. The van der Waals surface area contributed by atoms with Crippen molar-refractivity contribution in [2.75, 3.05) is 0 Å². The molecule has 0 amide bonds. The van der Waals surface area contributed by atoms with Crippen LogP contribution in [0.4, 0.5) is 0 Å². The van der Waals surface area contributed by atoms with Crippen molar-refractivity contribution < 1.29 is 0 Å². The molecule has 0 atom stereocenters. The second-order valence-corrected chi connectivity index (χ2v) is 2.72. The fraction of sp³-hybridized carbons (Fsp3) is 0.571. The molecule has 1 aliphatic heterocycles. The van der Waals surface area contributed by atoms with Crippen molar-refractivity contribution in [1.82, 2.24) is 0 Å². The fourth-order valence-electron chi connectivity index (χ4n) is 0.715. The summed E-state index contributed by atoms with van der Waals surface area (Å²) in [4.78, 5) is 4.25. The molecule has 1 heteroatoms.